The zero-order valence-electron chi connectivity index (χ0n) is 14.4. The Morgan fingerprint density at radius 3 is 1.32 bits per heavy atom. The van der Waals surface area contributed by atoms with Gasteiger partial charge < -0.3 is 30.4 Å². The van der Waals surface area contributed by atoms with Crippen LogP contribution < -0.4 is 20.8 Å². The zero-order valence-corrected chi connectivity index (χ0v) is 14.4. The highest BCUT2D eigenvalue weighted by atomic mass is 16.4. The molecule has 2 amide bonds. The van der Waals surface area contributed by atoms with Crippen LogP contribution in [0.3, 0.4) is 0 Å². The quantitative estimate of drug-likeness (QED) is 0.642. The van der Waals surface area contributed by atoms with Crippen LogP contribution in [0.2, 0.25) is 0 Å². The number of carbonyl (C=O) groups is 4. The van der Waals surface area contributed by atoms with Gasteiger partial charge in [-0.3, -0.25) is 9.59 Å². The van der Waals surface area contributed by atoms with E-state index in [1.807, 2.05) is 0 Å². The Bertz CT molecular complexity index is 899. The lowest BCUT2D eigenvalue weighted by atomic mass is 10.0. The third-order valence-electron chi connectivity index (χ3n) is 3.40. The molecule has 0 aliphatic rings. The molecule has 0 bridgehead atoms. The maximum absolute atomic E-state index is 11.9. The van der Waals surface area contributed by atoms with Crippen molar-refractivity contribution in [2.75, 3.05) is 10.6 Å². The highest BCUT2D eigenvalue weighted by Crippen LogP contribution is 2.33. The number of carboxylic acid groups (broad SMARTS) is 2. The molecule has 2 rings (SSSR count). The van der Waals surface area contributed by atoms with E-state index in [9.17, 15) is 29.4 Å². The first-order chi connectivity index (χ1) is 13.4. The van der Waals surface area contributed by atoms with Gasteiger partial charge in [0.1, 0.15) is 0 Å². The minimum atomic E-state index is -1.50. The second kappa shape index (κ2) is 9.48. The normalized spacial score (nSPS) is 10.7. The molecule has 0 fully saturated rings. The maximum Gasteiger partial charge on any atom is 0.248 e. The summed E-state index contributed by atoms with van der Waals surface area (Å²) in [6.07, 6.45) is 2.86. The Labute approximate surface area is 159 Å². The van der Waals surface area contributed by atoms with E-state index in [0.29, 0.717) is 34.7 Å². The Morgan fingerprint density at radius 2 is 0.964 bits per heavy atom. The largest absolute Gasteiger partial charge is 0.545 e. The van der Waals surface area contributed by atoms with Crippen molar-refractivity contribution in [1.29, 1.82) is 0 Å². The predicted octanol–water partition coefficient (Wildman–Crippen LogP) is -0.157. The second-order valence-corrected chi connectivity index (χ2v) is 5.37. The summed E-state index contributed by atoms with van der Waals surface area (Å²) < 4.78 is 0. The number of benzene rings is 2. The van der Waals surface area contributed by atoms with E-state index >= 15 is 0 Å². The molecule has 0 aromatic heterocycles. The number of hydrogen-bond acceptors (Lipinski definition) is 6. The molecule has 0 aliphatic carbocycles. The van der Waals surface area contributed by atoms with Crippen LogP contribution in [0.1, 0.15) is 0 Å². The maximum atomic E-state index is 11.9. The summed E-state index contributed by atoms with van der Waals surface area (Å²) in [5.41, 5.74) is 1.86. The van der Waals surface area contributed by atoms with Gasteiger partial charge in [-0.2, -0.15) is 0 Å². The van der Waals surface area contributed by atoms with Gasteiger partial charge in [0.15, 0.2) is 0 Å². The van der Waals surface area contributed by atoms with Crippen molar-refractivity contribution in [3.63, 3.8) is 0 Å². The van der Waals surface area contributed by atoms with Crippen LogP contribution in [-0.2, 0) is 19.2 Å². The van der Waals surface area contributed by atoms with E-state index in [4.69, 9.17) is 0 Å². The van der Waals surface area contributed by atoms with Crippen LogP contribution >= 0.6 is 0 Å². The molecule has 0 spiro atoms. The topological polar surface area (TPSA) is 138 Å². The van der Waals surface area contributed by atoms with Crippen LogP contribution in [0.4, 0.5) is 11.4 Å². The van der Waals surface area contributed by atoms with Crippen LogP contribution in [0.15, 0.2) is 72.8 Å². The molecule has 0 radical (unpaired) electrons. The molecule has 0 unspecified atom stereocenters. The number of hydrogen-bond donors (Lipinski definition) is 2. The van der Waals surface area contributed by atoms with Crippen molar-refractivity contribution in [3.05, 3.63) is 72.8 Å². The van der Waals surface area contributed by atoms with Gasteiger partial charge >= 0.3 is 0 Å². The summed E-state index contributed by atoms with van der Waals surface area (Å²) >= 11 is 0. The standard InChI is InChI=1S/C20H16N2O6/c23-17(9-11-19(25)26)21-15-7-3-1-5-13(15)14-6-2-4-8-16(14)22-18(24)10-12-20(27)28/h1-12H,(H,21,23)(H,22,24)(H,25,26)(H,27,28)/p-2/b11-9+,12-10+. The van der Waals surface area contributed by atoms with Crippen molar-refractivity contribution in [3.8, 4) is 11.1 Å². The highest BCUT2D eigenvalue weighted by Gasteiger charge is 2.11. The van der Waals surface area contributed by atoms with E-state index in [-0.39, 0.29) is 0 Å². The Morgan fingerprint density at radius 1 is 0.607 bits per heavy atom. The number of carbonyl (C=O) groups excluding carboxylic acids is 4. The molecule has 2 N–H and O–H groups in total. The average Bonchev–Trinajstić information content (AvgIpc) is 2.66. The van der Waals surface area contributed by atoms with Gasteiger partial charge in [0.05, 0.1) is 11.9 Å². The van der Waals surface area contributed by atoms with Crippen LogP contribution in [-0.4, -0.2) is 23.8 Å². The van der Waals surface area contributed by atoms with E-state index in [0.717, 1.165) is 12.2 Å². The van der Waals surface area contributed by atoms with Crippen LogP contribution in [0.5, 0.6) is 0 Å². The number of aliphatic carboxylic acids is 2. The molecule has 0 aliphatic heterocycles. The Hall–Kier alpha value is -4.20. The van der Waals surface area contributed by atoms with Gasteiger partial charge in [-0.25, -0.2) is 0 Å². The molecule has 2 aromatic rings. The molecule has 0 saturated heterocycles. The summed E-state index contributed by atoms with van der Waals surface area (Å²) in [6.45, 7) is 0. The van der Waals surface area contributed by atoms with E-state index in [1.165, 1.54) is 0 Å². The molecular formula is C20H14N2O6-2. The molecule has 8 heteroatoms. The number of nitrogens with one attached hydrogen (secondary N) is 2. The van der Waals surface area contributed by atoms with Gasteiger partial charge in [0.2, 0.25) is 11.8 Å². The Kier molecular flexibility index (Phi) is 6.81. The molecule has 8 nitrogen and oxygen atoms in total. The lowest BCUT2D eigenvalue weighted by molar-refractivity contribution is -0.298. The van der Waals surface area contributed by atoms with Crippen LogP contribution in [0.25, 0.3) is 11.1 Å². The fourth-order valence-electron chi connectivity index (χ4n) is 2.29. The first-order valence-electron chi connectivity index (χ1n) is 7.95. The molecule has 0 atom stereocenters. The van der Waals surface area contributed by atoms with Crippen molar-refractivity contribution in [1.82, 2.24) is 0 Å². The fourth-order valence-corrected chi connectivity index (χ4v) is 2.29. The molecule has 0 saturated carbocycles. The van der Waals surface area contributed by atoms with Crippen molar-refractivity contribution in [2.24, 2.45) is 0 Å². The third-order valence-corrected chi connectivity index (χ3v) is 3.40. The minimum absolute atomic E-state index is 0.377. The Balaban J connectivity index is 2.33. The first-order valence-corrected chi connectivity index (χ1v) is 7.95. The van der Waals surface area contributed by atoms with Gasteiger partial charge in [0.25, 0.3) is 0 Å². The van der Waals surface area contributed by atoms with Crippen molar-refractivity contribution < 1.29 is 29.4 Å². The number of amides is 2. The van der Waals surface area contributed by atoms with Crippen LogP contribution in [0, 0.1) is 0 Å². The summed E-state index contributed by atoms with van der Waals surface area (Å²) in [7, 11) is 0. The predicted molar refractivity (Wildman–Crippen MR) is 97.4 cm³/mol. The molecular weight excluding hydrogens is 364 g/mol. The lowest BCUT2D eigenvalue weighted by Crippen LogP contribution is -2.20. The van der Waals surface area contributed by atoms with Crippen molar-refractivity contribution >= 4 is 35.1 Å². The molecule has 28 heavy (non-hydrogen) atoms. The van der Waals surface area contributed by atoms with Gasteiger partial charge in [0, 0.05) is 34.7 Å². The monoisotopic (exact) mass is 378 g/mol. The van der Waals surface area contributed by atoms with E-state index in [1.54, 1.807) is 48.5 Å². The average molecular weight is 378 g/mol. The SMILES string of the molecule is O=C([O-])/C=C/C(=O)Nc1ccccc1-c1ccccc1NC(=O)/C=C/C(=O)[O-]. The lowest BCUT2D eigenvalue weighted by Gasteiger charge is -2.14. The van der Waals surface area contributed by atoms with Gasteiger partial charge in [-0.05, 0) is 24.3 Å². The van der Waals surface area contributed by atoms with Crippen molar-refractivity contribution in [2.45, 2.75) is 0 Å². The van der Waals surface area contributed by atoms with E-state index in [2.05, 4.69) is 10.6 Å². The molecule has 2 aromatic carbocycles. The summed E-state index contributed by atoms with van der Waals surface area (Å²) in [5, 5.41) is 26.0. The third kappa shape index (κ3) is 5.95. The first kappa shape index (κ1) is 20.1. The van der Waals surface area contributed by atoms with Gasteiger partial charge in [-0.1, -0.05) is 36.4 Å². The molecule has 142 valence electrons. The summed E-state index contributed by atoms with van der Waals surface area (Å²) in [6, 6.07) is 13.4. The second-order valence-electron chi connectivity index (χ2n) is 5.37. The highest BCUT2D eigenvalue weighted by molar-refractivity contribution is 6.07. The smallest absolute Gasteiger partial charge is 0.248 e. The number of anilines is 2. The summed E-state index contributed by atoms with van der Waals surface area (Å²) in [4.78, 5) is 44.6. The van der Waals surface area contributed by atoms with E-state index < -0.39 is 23.8 Å². The number of para-hydroxylation sites is 2. The minimum Gasteiger partial charge on any atom is -0.545 e. The van der Waals surface area contributed by atoms with Gasteiger partial charge in [-0.15, -0.1) is 0 Å². The zero-order chi connectivity index (χ0) is 20.5. The fraction of sp³-hybridized carbons (Fsp3) is 0. The number of rotatable bonds is 7. The molecule has 0 heterocycles. The summed E-state index contributed by atoms with van der Waals surface area (Å²) in [5.74, 6) is -4.34. The number of carboxylic acids is 2.